The molecular formula is C23H34O4. The minimum atomic E-state index is -0.456. The molecule has 0 unspecified atom stereocenters. The fourth-order valence-corrected chi connectivity index (χ4v) is 7.58. The molecule has 3 saturated carbocycles. The number of carbonyl (C=O) groups excluding carboxylic acids is 2. The second-order valence-corrected chi connectivity index (χ2v) is 10.3. The van der Waals surface area contributed by atoms with Crippen molar-refractivity contribution < 1.29 is 19.4 Å². The van der Waals surface area contributed by atoms with E-state index in [9.17, 15) is 14.7 Å². The fraction of sp³-hybridized carbons (Fsp3) is 0.826. The van der Waals surface area contributed by atoms with Crippen LogP contribution in [-0.4, -0.2) is 29.6 Å². The number of allylic oxidation sites excluding steroid dienone is 1. The van der Waals surface area contributed by atoms with Crippen molar-refractivity contribution in [1.82, 2.24) is 0 Å². The summed E-state index contributed by atoms with van der Waals surface area (Å²) in [5.41, 5.74) is 0.562. The van der Waals surface area contributed by atoms with Crippen molar-refractivity contribution >= 4 is 11.8 Å². The molecule has 4 heteroatoms. The maximum Gasteiger partial charge on any atom is 0.302 e. The number of aliphatic hydroxyl groups excluding tert-OH is 1. The van der Waals surface area contributed by atoms with Gasteiger partial charge >= 0.3 is 5.97 Å². The number of hydrogen-bond acceptors (Lipinski definition) is 4. The Labute approximate surface area is 162 Å². The zero-order valence-electron chi connectivity index (χ0n) is 17.2. The van der Waals surface area contributed by atoms with Gasteiger partial charge < -0.3 is 9.84 Å². The first-order valence-corrected chi connectivity index (χ1v) is 10.7. The Morgan fingerprint density at radius 2 is 1.93 bits per heavy atom. The molecular weight excluding hydrogens is 340 g/mol. The summed E-state index contributed by atoms with van der Waals surface area (Å²) >= 11 is 0. The van der Waals surface area contributed by atoms with E-state index in [1.807, 2.05) is 13.8 Å². The molecule has 0 spiro atoms. The van der Waals surface area contributed by atoms with Gasteiger partial charge in [0.15, 0.2) is 0 Å². The Morgan fingerprint density at radius 1 is 1.19 bits per heavy atom. The van der Waals surface area contributed by atoms with E-state index in [2.05, 4.69) is 13.0 Å². The molecule has 0 aromatic carbocycles. The lowest BCUT2D eigenvalue weighted by molar-refractivity contribution is -0.158. The van der Waals surface area contributed by atoms with Crippen molar-refractivity contribution in [2.24, 2.45) is 34.0 Å². The second-order valence-electron chi connectivity index (χ2n) is 10.3. The van der Waals surface area contributed by atoms with E-state index in [4.69, 9.17) is 4.74 Å². The minimum absolute atomic E-state index is 0.0285. The number of carbonyl (C=O) groups is 2. The van der Waals surface area contributed by atoms with Crippen molar-refractivity contribution in [1.29, 1.82) is 0 Å². The summed E-state index contributed by atoms with van der Waals surface area (Å²) < 4.78 is 5.72. The molecule has 1 N–H and O–H groups in total. The van der Waals surface area contributed by atoms with Crippen LogP contribution in [0.1, 0.15) is 72.6 Å². The predicted molar refractivity (Wildman–Crippen MR) is 103 cm³/mol. The monoisotopic (exact) mass is 374 g/mol. The van der Waals surface area contributed by atoms with E-state index in [0.29, 0.717) is 30.0 Å². The third kappa shape index (κ3) is 2.51. The average Bonchev–Trinajstić information content (AvgIpc) is 2.94. The van der Waals surface area contributed by atoms with Crippen molar-refractivity contribution in [3.05, 3.63) is 11.6 Å². The van der Waals surface area contributed by atoms with Crippen molar-refractivity contribution in [2.45, 2.75) is 78.7 Å². The molecule has 150 valence electrons. The van der Waals surface area contributed by atoms with Crippen molar-refractivity contribution in [3.63, 3.8) is 0 Å². The molecule has 0 amide bonds. The molecule has 0 aliphatic heterocycles. The largest absolute Gasteiger partial charge is 0.462 e. The quantitative estimate of drug-likeness (QED) is 0.585. The predicted octanol–water partition coefficient (Wildman–Crippen LogP) is 4.06. The lowest BCUT2D eigenvalue weighted by Crippen LogP contribution is -2.56. The van der Waals surface area contributed by atoms with Crippen LogP contribution in [0.3, 0.4) is 0 Å². The van der Waals surface area contributed by atoms with Gasteiger partial charge in [0.2, 0.25) is 0 Å². The van der Waals surface area contributed by atoms with Gasteiger partial charge in [0.05, 0.1) is 6.61 Å². The molecule has 0 bridgehead atoms. The summed E-state index contributed by atoms with van der Waals surface area (Å²) in [5.74, 6) is 1.62. The molecule has 4 nitrogen and oxygen atoms in total. The lowest BCUT2D eigenvalue weighted by atomic mass is 9.44. The van der Waals surface area contributed by atoms with Crippen LogP contribution in [-0.2, 0) is 14.3 Å². The van der Waals surface area contributed by atoms with Crippen LogP contribution >= 0.6 is 0 Å². The highest BCUT2D eigenvalue weighted by Crippen LogP contribution is 2.66. The lowest BCUT2D eigenvalue weighted by Gasteiger charge is -2.60. The maximum atomic E-state index is 12.6. The summed E-state index contributed by atoms with van der Waals surface area (Å²) in [6.45, 7) is 8.07. The Kier molecular flexibility index (Phi) is 4.38. The summed E-state index contributed by atoms with van der Waals surface area (Å²) in [6.07, 6.45) is 8.84. The Morgan fingerprint density at radius 3 is 2.59 bits per heavy atom. The minimum Gasteiger partial charge on any atom is -0.462 e. The van der Waals surface area contributed by atoms with E-state index >= 15 is 0 Å². The third-order valence-corrected chi connectivity index (χ3v) is 8.95. The van der Waals surface area contributed by atoms with Crippen LogP contribution in [0.5, 0.6) is 0 Å². The Hall–Kier alpha value is -1.16. The van der Waals surface area contributed by atoms with Crippen molar-refractivity contribution in [2.75, 3.05) is 6.61 Å². The van der Waals surface area contributed by atoms with Gasteiger partial charge in [-0.25, -0.2) is 0 Å². The highest BCUT2D eigenvalue weighted by Gasteiger charge is 2.62. The highest BCUT2D eigenvalue weighted by molar-refractivity contribution is 5.89. The van der Waals surface area contributed by atoms with Gasteiger partial charge in [0.1, 0.15) is 11.9 Å². The first-order valence-electron chi connectivity index (χ1n) is 10.7. The van der Waals surface area contributed by atoms with Gasteiger partial charge in [0.25, 0.3) is 0 Å². The van der Waals surface area contributed by atoms with Crippen LogP contribution in [0.2, 0.25) is 0 Å². The summed E-state index contributed by atoms with van der Waals surface area (Å²) in [6, 6.07) is 0. The van der Waals surface area contributed by atoms with Gasteiger partial charge in [-0.05, 0) is 70.1 Å². The van der Waals surface area contributed by atoms with Crippen molar-refractivity contribution in [3.8, 4) is 0 Å². The molecule has 3 fully saturated rings. The van der Waals surface area contributed by atoms with E-state index in [0.717, 1.165) is 38.5 Å². The second kappa shape index (κ2) is 6.17. The molecule has 4 aliphatic carbocycles. The SMILES string of the molecule is CC(=O)O[C@H]1CC[C@H]2[C@@H]3CC=C4C(C)(C)C(=O)CC[C@]4(CO)[C@H]3CC[C@]12C. The smallest absolute Gasteiger partial charge is 0.302 e. The Balaban J connectivity index is 1.70. The normalized spacial score (nSPS) is 45.4. The first kappa shape index (κ1) is 19.2. The number of rotatable bonds is 2. The van der Waals surface area contributed by atoms with E-state index in [-0.39, 0.29) is 29.5 Å². The molecule has 27 heavy (non-hydrogen) atoms. The standard InChI is InChI=1S/C23H34O4/c1-14(25)27-20-8-6-16-15-5-7-18-21(2,3)19(26)10-12-23(18,13-24)17(15)9-11-22(16,20)4/h7,15-17,20,24H,5-6,8-13H2,1-4H3/t15-,16-,17-,20-,22-,23-/m0/s1. The number of aliphatic hydroxyl groups is 1. The zero-order chi connectivity index (χ0) is 19.6. The van der Waals surface area contributed by atoms with E-state index < -0.39 is 5.41 Å². The zero-order valence-corrected chi connectivity index (χ0v) is 17.2. The summed E-state index contributed by atoms with van der Waals surface area (Å²) in [4.78, 5) is 24.2. The van der Waals surface area contributed by atoms with Gasteiger partial charge in [0, 0.05) is 29.6 Å². The van der Waals surface area contributed by atoms with Crippen LogP contribution < -0.4 is 0 Å². The average molecular weight is 375 g/mol. The van der Waals surface area contributed by atoms with Gasteiger partial charge in [-0.2, -0.15) is 0 Å². The van der Waals surface area contributed by atoms with E-state index in [1.165, 1.54) is 12.5 Å². The molecule has 0 aromatic rings. The summed E-state index contributed by atoms with van der Waals surface area (Å²) in [5, 5.41) is 10.6. The molecule has 4 rings (SSSR count). The number of esters is 1. The van der Waals surface area contributed by atoms with Gasteiger partial charge in [-0.3, -0.25) is 9.59 Å². The fourth-order valence-electron chi connectivity index (χ4n) is 7.58. The molecule has 6 atom stereocenters. The molecule has 0 saturated heterocycles. The van der Waals surface area contributed by atoms with Crippen LogP contribution in [0.15, 0.2) is 11.6 Å². The number of ether oxygens (including phenoxy) is 1. The maximum absolute atomic E-state index is 12.6. The van der Waals surface area contributed by atoms with Gasteiger partial charge in [-0.15, -0.1) is 0 Å². The van der Waals surface area contributed by atoms with Crippen LogP contribution in [0, 0.1) is 34.0 Å². The van der Waals surface area contributed by atoms with Crippen LogP contribution in [0.25, 0.3) is 0 Å². The molecule has 0 aromatic heterocycles. The molecule has 4 aliphatic rings. The number of fused-ring (bicyclic) bond motifs is 5. The molecule has 0 radical (unpaired) electrons. The molecule has 0 heterocycles. The summed E-state index contributed by atoms with van der Waals surface area (Å²) in [7, 11) is 0. The highest BCUT2D eigenvalue weighted by atomic mass is 16.5. The third-order valence-electron chi connectivity index (χ3n) is 8.95. The number of ketones is 1. The first-order chi connectivity index (χ1) is 12.7. The number of hydrogen-bond donors (Lipinski definition) is 1. The van der Waals surface area contributed by atoms with Crippen LogP contribution in [0.4, 0.5) is 0 Å². The Bertz CT molecular complexity index is 692. The van der Waals surface area contributed by atoms with Gasteiger partial charge in [-0.1, -0.05) is 18.6 Å². The topological polar surface area (TPSA) is 63.6 Å². The number of Topliss-reactive ketones (excluding diaryl/α,β-unsaturated/α-hetero) is 1. The van der Waals surface area contributed by atoms with E-state index in [1.54, 1.807) is 0 Å².